The fourth-order valence-electron chi connectivity index (χ4n) is 4.27. The molecule has 174 valence electrons. The Balaban J connectivity index is 1.65. The van der Waals surface area contributed by atoms with Crippen LogP contribution in [-0.2, 0) is 11.2 Å². The molecule has 0 spiro atoms. The number of aryl methyl sites for hydroxylation is 1. The molecular weight excluding hydrogens is 406 g/mol. The summed E-state index contributed by atoms with van der Waals surface area (Å²) in [6, 6.07) is 20.8. The summed E-state index contributed by atoms with van der Waals surface area (Å²) in [7, 11) is 0. The molecule has 0 radical (unpaired) electrons. The van der Waals surface area contributed by atoms with Crippen molar-refractivity contribution in [2.45, 2.75) is 77.6 Å². The Morgan fingerprint density at radius 2 is 1.36 bits per heavy atom. The van der Waals surface area contributed by atoms with E-state index in [-0.39, 0.29) is 0 Å². The maximum absolute atomic E-state index is 11.8. The van der Waals surface area contributed by atoms with Gasteiger partial charge in [0.1, 0.15) is 0 Å². The van der Waals surface area contributed by atoms with Gasteiger partial charge in [0.15, 0.2) is 0 Å². The molecule has 0 amide bonds. The molecule has 0 aliphatic rings. The highest BCUT2D eigenvalue weighted by atomic mass is 16.4. The van der Waals surface area contributed by atoms with E-state index in [2.05, 4.69) is 55.2 Å². The Labute approximate surface area is 198 Å². The summed E-state index contributed by atoms with van der Waals surface area (Å²) in [6.45, 7) is 4.39. The van der Waals surface area contributed by atoms with Crippen molar-refractivity contribution in [3.8, 4) is 22.4 Å². The largest absolute Gasteiger partial charge is 0.481 e. The molecule has 33 heavy (non-hydrogen) atoms. The normalized spacial score (nSPS) is 11.9. The molecule has 2 aromatic carbocycles. The second kappa shape index (κ2) is 12.9. The molecule has 0 fully saturated rings. The second-order valence-corrected chi connectivity index (χ2v) is 8.95. The summed E-state index contributed by atoms with van der Waals surface area (Å²) in [5.74, 6) is -1.15. The van der Waals surface area contributed by atoms with Gasteiger partial charge in [-0.05, 0) is 47.6 Å². The molecule has 1 N–H and O–H groups in total. The van der Waals surface area contributed by atoms with E-state index in [0.29, 0.717) is 6.42 Å². The zero-order chi connectivity index (χ0) is 23.5. The maximum atomic E-state index is 11.8. The lowest BCUT2D eigenvalue weighted by Gasteiger charge is -2.13. The molecule has 0 aliphatic heterocycles. The van der Waals surface area contributed by atoms with Crippen LogP contribution in [0, 0.1) is 0 Å². The van der Waals surface area contributed by atoms with Crippen molar-refractivity contribution < 1.29 is 9.90 Å². The Kier molecular flexibility index (Phi) is 9.68. The third-order valence-electron chi connectivity index (χ3n) is 6.37. The minimum Gasteiger partial charge on any atom is -0.481 e. The predicted molar refractivity (Wildman–Crippen MR) is 137 cm³/mol. The van der Waals surface area contributed by atoms with Crippen LogP contribution in [0.5, 0.6) is 0 Å². The van der Waals surface area contributed by atoms with Crippen molar-refractivity contribution >= 4 is 5.97 Å². The molecule has 1 aromatic heterocycles. The molecular formula is C30H37NO2. The number of rotatable bonds is 13. The number of aromatic nitrogens is 1. The topological polar surface area (TPSA) is 50.2 Å². The van der Waals surface area contributed by atoms with Crippen molar-refractivity contribution in [3.63, 3.8) is 0 Å². The SMILES string of the molecule is CCCCCCC(C(=O)O)c1ccc(-c2ccc(-c3ccc(CCCCC)cn3)cc2)cc1. The van der Waals surface area contributed by atoms with Gasteiger partial charge in [-0.25, -0.2) is 0 Å². The zero-order valence-corrected chi connectivity index (χ0v) is 20.1. The fraction of sp³-hybridized carbons (Fsp3) is 0.400. The molecule has 3 nitrogen and oxygen atoms in total. The number of hydrogen-bond acceptors (Lipinski definition) is 2. The number of carboxylic acids is 1. The van der Waals surface area contributed by atoms with E-state index in [1.54, 1.807) is 0 Å². The first kappa shape index (κ1) is 24.7. The van der Waals surface area contributed by atoms with E-state index in [0.717, 1.165) is 53.6 Å². The van der Waals surface area contributed by atoms with Crippen molar-refractivity contribution in [1.82, 2.24) is 4.98 Å². The van der Waals surface area contributed by atoms with Crippen molar-refractivity contribution in [3.05, 3.63) is 78.0 Å². The van der Waals surface area contributed by atoms with Crippen LogP contribution < -0.4 is 0 Å². The van der Waals surface area contributed by atoms with Gasteiger partial charge in [-0.15, -0.1) is 0 Å². The number of carbonyl (C=O) groups is 1. The number of aliphatic carboxylic acids is 1. The number of pyridine rings is 1. The third-order valence-corrected chi connectivity index (χ3v) is 6.37. The van der Waals surface area contributed by atoms with Gasteiger partial charge >= 0.3 is 5.97 Å². The van der Waals surface area contributed by atoms with Gasteiger partial charge < -0.3 is 5.11 Å². The summed E-state index contributed by atoms with van der Waals surface area (Å²) in [6.07, 6.45) is 11.9. The van der Waals surface area contributed by atoms with Crippen LogP contribution in [-0.4, -0.2) is 16.1 Å². The number of benzene rings is 2. The number of nitrogens with zero attached hydrogens (tertiary/aromatic N) is 1. The summed E-state index contributed by atoms with van der Waals surface area (Å²) < 4.78 is 0. The molecule has 0 saturated carbocycles. The molecule has 3 rings (SSSR count). The Morgan fingerprint density at radius 1 is 0.758 bits per heavy atom. The highest BCUT2D eigenvalue weighted by Gasteiger charge is 2.19. The van der Waals surface area contributed by atoms with Gasteiger partial charge in [0, 0.05) is 11.8 Å². The molecule has 1 unspecified atom stereocenters. The van der Waals surface area contributed by atoms with Crippen molar-refractivity contribution in [2.75, 3.05) is 0 Å². The molecule has 3 heteroatoms. The van der Waals surface area contributed by atoms with Crippen LogP contribution in [0.4, 0.5) is 0 Å². The lowest BCUT2D eigenvalue weighted by molar-refractivity contribution is -0.139. The summed E-state index contributed by atoms with van der Waals surface area (Å²) in [5.41, 5.74) is 6.50. The van der Waals surface area contributed by atoms with Crippen LogP contribution in [0.15, 0.2) is 66.9 Å². The van der Waals surface area contributed by atoms with Crippen LogP contribution in [0.2, 0.25) is 0 Å². The summed E-state index contributed by atoms with van der Waals surface area (Å²) >= 11 is 0. The first-order valence-electron chi connectivity index (χ1n) is 12.5. The van der Waals surface area contributed by atoms with Gasteiger partial charge in [-0.2, -0.15) is 0 Å². The van der Waals surface area contributed by atoms with Gasteiger partial charge in [0.2, 0.25) is 0 Å². The first-order chi connectivity index (χ1) is 16.1. The Morgan fingerprint density at radius 3 is 1.94 bits per heavy atom. The highest BCUT2D eigenvalue weighted by molar-refractivity contribution is 5.77. The van der Waals surface area contributed by atoms with E-state index < -0.39 is 11.9 Å². The van der Waals surface area contributed by atoms with E-state index in [1.807, 2.05) is 30.5 Å². The standard InChI is InChI=1S/C30H37NO2/c1-3-5-7-9-11-28(30(32)33)26-17-13-24(14-18-26)25-15-19-27(20-16-25)29-21-12-23(22-31-29)10-8-6-4-2/h12-22,28H,3-11H2,1-2H3,(H,32,33). The van der Waals surface area contributed by atoms with Crippen LogP contribution in [0.1, 0.15) is 82.3 Å². The van der Waals surface area contributed by atoms with Crippen molar-refractivity contribution in [2.24, 2.45) is 0 Å². The van der Waals surface area contributed by atoms with E-state index >= 15 is 0 Å². The lowest BCUT2D eigenvalue weighted by atomic mass is 9.91. The van der Waals surface area contributed by atoms with Gasteiger partial charge in [-0.3, -0.25) is 9.78 Å². The molecule has 3 aromatic rings. The average molecular weight is 444 g/mol. The molecule has 1 atom stereocenters. The lowest BCUT2D eigenvalue weighted by Crippen LogP contribution is -2.11. The number of carboxylic acid groups (broad SMARTS) is 1. The Hall–Kier alpha value is -2.94. The number of unbranched alkanes of at least 4 members (excludes halogenated alkanes) is 5. The van der Waals surface area contributed by atoms with E-state index in [9.17, 15) is 9.90 Å². The number of hydrogen-bond donors (Lipinski definition) is 1. The average Bonchev–Trinajstić information content (AvgIpc) is 2.85. The van der Waals surface area contributed by atoms with E-state index in [4.69, 9.17) is 0 Å². The molecule has 0 aliphatic carbocycles. The van der Waals surface area contributed by atoms with Gasteiger partial charge in [-0.1, -0.05) is 107 Å². The monoisotopic (exact) mass is 443 g/mol. The zero-order valence-electron chi connectivity index (χ0n) is 20.1. The second-order valence-electron chi connectivity index (χ2n) is 8.95. The van der Waals surface area contributed by atoms with Crippen LogP contribution >= 0.6 is 0 Å². The van der Waals surface area contributed by atoms with Crippen LogP contribution in [0.25, 0.3) is 22.4 Å². The fourth-order valence-corrected chi connectivity index (χ4v) is 4.27. The predicted octanol–water partition coefficient (Wildman–Crippen LogP) is 8.29. The quantitative estimate of drug-likeness (QED) is 0.270. The maximum Gasteiger partial charge on any atom is 0.310 e. The third kappa shape index (κ3) is 7.28. The Bertz CT molecular complexity index is 975. The van der Waals surface area contributed by atoms with Crippen molar-refractivity contribution in [1.29, 1.82) is 0 Å². The minimum atomic E-state index is -0.729. The molecule has 1 heterocycles. The molecule has 0 saturated heterocycles. The van der Waals surface area contributed by atoms with Gasteiger partial charge in [0.05, 0.1) is 11.6 Å². The van der Waals surface area contributed by atoms with Gasteiger partial charge in [0.25, 0.3) is 0 Å². The first-order valence-corrected chi connectivity index (χ1v) is 12.5. The summed E-state index contributed by atoms with van der Waals surface area (Å²) in [4.78, 5) is 16.4. The minimum absolute atomic E-state index is 0.422. The van der Waals surface area contributed by atoms with Crippen LogP contribution in [0.3, 0.4) is 0 Å². The van der Waals surface area contributed by atoms with E-state index in [1.165, 1.54) is 31.2 Å². The highest BCUT2D eigenvalue weighted by Crippen LogP contribution is 2.28. The molecule has 0 bridgehead atoms. The summed E-state index contributed by atoms with van der Waals surface area (Å²) in [5, 5.41) is 9.67. The smallest absolute Gasteiger partial charge is 0.310 e.